The van der Waals surface area contributed by atoms with E-state index in [1.54, 1.807) is 0 Å². The molecule has 0 fully saturated rings. The van der Waals surface area contributed by atoms with Crippen molar-refractivity contribution in [1.82, 2.24) is 5.32 Å². The number of rotatable bonds is 3. The van der Waals surface area contributed by atoms with Crippen molar-refractivity contribution >= 4 is 33.0 Å². The van der Waals surface area contributed by atoms with Crippen LogP contribution in [0.25, 0.3) is 0 Å². The van der Waals surface area contributed by atoms with E-state index in [0.29, 0.717) is 11.4 Å². The molecule has 1 aromatic carbocycles. The van der Waals surface area contributed by atoms with Crippen LogP contribution in [0.3, 0.4) is 0 Å². The molecule has 0 atom stereocenters. The maximum atomic E-state index is 12.9. The number of nitrogens with one attached hydrogen (secondary N) is 1. The van der Waals surface area contributed by atoms with Crippen LogP contribution in [0.1, 0.15) is 21.7 Å². The Labute approximate surface area is 133 Å². The largest absolute Gasteiger partial charge is 0.354 e. The van der Waals surface area contributed by atoms with Gasteiger partial charge < -0.3 is 5.32 Å². The molecule has 0 aliphatic carbocycles. The predicted molar refractivity (Wildman–Crippen MR) is 87.0 cm³/mol. The lowest BCUT2D eigenvalue weighted by Gasteiger charge is -2.30. The zero-order valence-corrected chi connectivity index (χ0v) is 13.7. The van der Waals surface area contributed by atoms with E-state index >= 15 is 0 Å². The van der Waals surface area contributed by atoms with Gasteiger partial charge in [0.15, 0.2) is 0 Å². The molecular weight excluding hydrogens is 320 g/mol. The first-order chi connectivity index (χ1) is 10.5. The average Bonchev–Trinajstić information content (AvgIpc) is 3.04. The minimum absolute atomic E-state index is 0.174. The smallest absolute Gasteiger partial charge is 0.265 e. The lowest BCUT2D eigenvalue weighted by atomic mass is 10.0. The summed E-state index contributed by atoms with van der Waals surface area (Å²) >= 11 is 1.14. The van der Waals surface area contributed by atoms with Gasteiger partial charge in [-0.15, -0.1) is 11.3 Å². The maximum absolute atomic E-state index is 12.9. The third kappa shape index (κ3) is 2.50. The van der Waals surface area contributed by atoms with Crippen molar-refractivity contribution in [2.24, 2.45) is 0 Å². The number of carbonyl (C=O) groups excluding carboxylic acids is 1. The first-order valence-electron chi connectivity index (χ1n) is 6.95. The van der Waals surface area contributed by atoms with Crippen molar-refractivity contribution in [2.45, 2.75) is 17.7 Å². The molecule has 1 aliphatic rings. The van der Waals surface area contributed by atoms with E-state index in [-0.39, 0.29) is 10.8 Å². The zero-order valence-electron chi connectivity index (χ0n) is 12.1. The molecular formula is C15H16N2O3S2. The Kier molecular flexibility index (Phi) is 3.92. The number of hydrogen-bond acceptors (Lipinski definition) is 4. The standard InChI is InChI=1S/C15H16N2O3S2/c1-16-15(18)14-9-12(10-21-14)22(19,20)17-8-4-6-11-5-2-3-7-13(11)17/h2-3,5,7,9-10H,4,6,8H2,1H3,(H,16,18). The van der Waals surface area contributed by atoms with Crippen LogP contribution in [-0.4, -0.2) is 27.9 Å². The van der Waals surface area contributed by atoms with Gasteiger partial charge in [-0.1, -0.05) is 18.2 Å². The molecule has 0 saturated carbocycles. The van der Waals surface area contributed by atoms with Crippen LogP contribution in [0.2, 0.25) is 0 Å². The maximum Gasteiger partial charge on any atom is 0.265 e. The summed E-state index contributed by atoms with van der Waals surface area (Å²) in [6.45, 7) is 0.463. The fraction of sp³-hybridized carbons (Fsp3) is 0.267. The minimum atomic E-state index is -3.63. The number of nitrogens with zero attached hydrogens (tertiary/aromatic N) is 1. The van der Waals surface area contributed by atoms with E-state index in [4.69, 9.17) is 0 Å². The molecule has 0 spiro atoms. The van der Waals surface area contributed by atoms with Gasteiger partial charge >= 0.3 is 0 Å². The van der Waals surface area contributed by atoms with E-state index < -0.39 is 10.0 Å². The lowest BCUT2D eigenvalue weighted by Crippen LogP contribution is -2.35. The Hall–Kier alpha value is -1.86. The van der Waals surface area contributed by atoms with Gasteiger partial charge in [-0.2, -0.15) is 0 Å². The minimum Gasteiger partial charge on any atom is -0.354 e. The number of sulfonamides is 1. The average molecular weight is 336 g/mol. The summed E-state index contributed by atoms with van der Waals surface area (Å²) in [4.78, 5) is 12.2. The molecule has 0 bridgehead atoms. The molecule has 0 unspecified atom stereocenters. The Morgan fingerprint density at radius 1 is 1.32 bits per heavy atom. The van der Waals surface area contributed by atoms with Gasteiger partial charge in [-0.05, 0) is 30.5 Å². The zero-order chi connectivity index (χ0) is 15.7. The Morgan fingerprint density at radius 3 is 2.86 bits per heavy atom. The lowest BCUT2D eigenvalue weighted by molar-refractivity contribution is 0.0967. The van der Waals surface area contributed by atoms with E-state index in [1.165, 1.54) is 22.8 Å². The summed E-state index contributed by atoms with van der Waals surface area (Å²) in [5.41, 5.74) is 1.78. The van der Waals surface area contributed by atoms with Crippen LogP contribution in [0.5, 0.6) is 0 Å². The van der Waals surface area contributed by atoms with E-state index in [0.717, 1.165) is 35.4 Å². The van der Waals surface area contributed by atoms with Crippen molar-refractivity contribution in [1.29, 1.82) is 0 Å². The van der Waals surface area contributed by atoms with Gasteiger partial charge in [0.2, 0.25) is 0 Å². The number of fused-ring (bicyclic) bond motifs is 1. The van der Waals surface area contributed by atoms with E-state index in [2.05, 4.69) is 5.32 Å². The second kappa shape index (κ2) is 5.73. The van der Waals surface area contributed by atoms with Crippen molar-refractivity contribution in [2.75, 3.05) is 17.9 Å². The van der Waals surface area contributed by atoms with Crippen LogP contribution in [0, 0.1) is 0 Å². The Bertz CT molecular complexity index is 812. The van der Waals surface area contributed by atoms with Crippen LogP contribution in [-0.2, 0) is 16.4 Å². The molecule has 116 valence electrons. The van der Waals surface area contributed by atoms with Gasteiger partial charge in [0.05, 0.1) is 15.5 Å². The summed E-state index contributed by atoms with van der Waals surface area (Å²) in [5.74, 6) is -0.273. The molecule has 3 rings (SSSR count). The highest BCUT2D eigenvalue weighted by molar-refractivity contribution is 7.93. The molecule has 5 nitrogen and oxygen atoms in total. The van der Waals surface area contributed by atoms with Gasteiger partial charge in [0.25, 0.3) is 15.9 Å². The predicted octanol–water partition coefficient (Wildman–Crippen LogP) is 2.25. The van der Waals surface area contributed by atoms with Crippen LogP contribution in [0.15, 0.2) is 40.6 Å². The first kappa shape index (κ1) is 15.1. The van der Waals surface area contributed by atoms with E-state index in [9.17, 15) is 13.2 Å². The molecule has 1 N–H and O–H groups in total. The summed E-state index contributed by atoms with van der Waals surface area (Å²) in [6.07, 6.45) is 1.68. The van der Waals surface area contributed by atoms with Gasteiger partial charge in [-0.25, -0.2) is 8.42 Å². The topological polar surface area (TPSA) is 66.5 Å². The van der Waals surface area contributed by atoms with Gasteiger partial charge in [-0.3, -0.25) is 9.10 Å². The number of carbonyl (C=O) groups is 1. The number of hydrogen-bond donors (Lipinski definition) is 1. The molecule has 2 heterocycles. The molecule has 2 aromatic rings. The normalized spacial score (nSPS) is 14.5. The summed E-state index contributed by atoms with van der Waals surface area (Å²) in [7, 11) is -2.11. The van der Waals surface area contributed by atoms with Crippen molar-refractivity contribution < 1.29 is 13.2 Å². The molecule has 1 aromatic heterocycles. The van der Waals surface area contributed by atoms with Crippen molar-refractivity contribution in [3.05, 3.63) is 46.2 Å². The highest BCUT2D eigenvalue weighted by Gasteiger charge is 2.30. The number of para-hydroxylation sites is 1. The highest BCUT2D eigenvalue weighted by atomic mass is 32.2. The third-order valence-corrected chi connectivity index (χ3v) is 6.55. The summed E-state index contributed by atoms with van der Waals surface area (Å²) in [6, 6.07) is 8.99. The van der Waals surface area contributed by atoms with Gasteiger partial charge in [0, 0.05) is 19.0 Å². The summed E-state index contributed by atoms with van der Waals surface area (Å²) in [5, 5.41) is 4.03. The number of thiophene rings is 1. The molecule has 1 aliphatic heterocycles. The second-order valence-electron chi connectivity index (χ2n) is 5.04. The van der Waals surface area contributed by atoms with Gasteiger partial charge in [0.1, 0.15) is 0 Å². The quantitative estimate of drug-likeness (QED) is 0.935. The SMILES string of the molecule is CNC(=O)c1cc(S(=O)(=O)N2CCCc3ccccc32)cs1. The Balaban J connectivity index is 2.01. The molecule has 7 heteroatoms. The van der Waals surface area contributed by atoms with E-state index in [1.807, 2.05) is 24.3 Å². The van der Waals surface area contributed by atoms with Crippen LogP contribution >= 0.6 is 11.3 Å². The second-order valence-corrected chi connectivity index (χ2v) is 7.81. The van der Waals surface area contributed by atoms with Crippen molar-refractivity contribution in [3.63, 3.8) is 0 Å². The summed E-state index contributed by atoms with van der Waals surface area (Å²) < 4.78 is 27.2. The number of amides is 1. The fourth-order valence-corrected chi connectivity index (χ4v) is 5.32. The fourth-order valence-electron chi connectivity index (χ4n) is 2.57. The molecule has 1 amide bonds. The molecule has 22 heavy (non-hydrogen) atoms. The van der Waals surface area contributed by atoms with Crippen molar-refractivity contribution in [3.8, 4) is 0 Å². The Morgan fingerprint density at radius 2 is 2.09 bits per heavy atom. The van der Waals surface area contributed by atoms with Crippen LogP contribution in [0.4, 0.5) is 5.69 Å². The number of benzene rings is 1. The first-order valence-corrected chi connectivity index (χ1v) is 9.27. The van der Waals surface area contributed by atoms with Crippen LogP contribution < -0.4 is 9.62 Å². The number of aryl methyl sites for hydroxylation is 1. The third-order valence-electron chi connectivity index (χ3n) is 3.68. The number of anilines is 1. The molecule has 0 radical (unpaired) electrons. The highest BCUT2D eigenvalue weighted by Crippen LogP contribution is 2.33. The monoisotopic (exact) mass is 336 g/mol. The molecule has 0 saturated heterocycles.